The van der Waals surface area contributed by atoms with Crippen LogP contribution in [0.3, 0.4) is 0 Å². The number of nitrogens with zero attached hydrogens (tertiary/aromatic N) is 3. The van der Waals surface area contributed by atoms with E-state index in [4.69, 9.17) is 5.73 Å². The summed E-state index contributed by atoms with van der Waals surface area (Å²) < 4.78 is 0.801. The number of pyridine rings is 1. The van der Waals surface area contributed by atoms with E-state index in [1.807, 2.05) is 47.2 Å². The number of thiol groups is 1. The highest BCUT2D eigenvalue weighted by molar-refractivity contribution is 9.10. The van der Waals surface area contributed by atoms with Crippen molar-refractivity contribution in [2.75, 3.05) is 5.73 Å². The molecule has 6 heteroatoms. The third kappa shape index (κ3) is 2.63. The summed E-state index contributed by atoms with van der Waals surface area (Å²) in [4.78, 5) is 4.36. The minimum Gasteiger partial charge on any atom is -0.383 e. The zero-order valence-electron chi connectivity index (χ0n) is 11.9. The lowest BCUT2D eigenvalue weighted by molar-refractivity contribution is 1.12. The van der Waals surface area contributed by atoms with E-state index < -0.39 is 10.9 Å². The Bertz CT molecular complexity index is 923. The largest absolute Gasteiger partial charge is 0.383 e. The second-order valence-corrected chi connectivity index (χ2v) is 7.43. The summed E-state index contributed by atoms with van der Waals surface area (Å²) in [6, 6.07) is 11.8. The van der Waals surface area contributed by atoms with Crippen molar-refractivity contribution in [3.8, 4) is 23.3 Å². The molecule has 0 radical (unpaired) electrons. The van der Waals surface area contributed by atoms with Crippen molar-refractivity contribution in [1.29, 1.82) is 10.5 Å². The summed E-state index contributed by atoms with van der Waals surface area (Å²) in [6.07, 6.45) is 3.86. The third-order valence-corrected chi connectivity index (χ3v) is 5.91. The first-order valence-electron chi connectivity index (χ1n) is 6.69. The van der Waals surface area contributed by atoms with Gasteiger partial charge in [-0.15, -0.1) is 0 Å². The first kappa shape index (κ1) is 15.4. The maximum atomic E-state index is 9.73. The Balaban J connectivity index is 2.40. The third-order valence-electron chi connectivity index (χ3n) is 3.42. The first-order valence-corrected chi connectivity index (χ1v) is 8.96. The number of anilines is 1. The van der Waals surface area contributed by atoms with Crippen LogP contribution in [0.4, 0.5) is 5.82 Å². The van der Waals surface area contributed by atoms with E-state index in [-0.39, 0.29) is 11.4 Å². The molecule has 0 atom stereocenters. The van der Waals surface area contributed by atoms with E-state index in [1.165, 1.54) is 0 Å². The minimum atomic E-state index is -0.816. The molecule has 2 aromatic rings. The van der Waals surface area contributed by atoms with Crippen molar-refractivity contribution in [3.63, 3.8) is 0 Å². The van der Waals surface area contributed by atoms with Crippen LogP contribution in [0.2, 0.25) is 0 Å². The number of allylic oxidation sites excluding steroid dienone is 2. The molecule has 0 amide bonds. The molecule has 0 bridgehead atoms. The number of nitriles is 2. The molecule has 1 aliphatic rings. The Morgan fingerprint density at radius 2 is 1.70 bits per heavy atom. The quantitative estimate of drug-likeness (QED) is 0.760. The molecular weight excluding hydrogens is 372 g/mol. The van der Waals surface area contributed by atoms with Crippen LogP contribution in [0.25, 0.3) is 11.1 Å². The molecule has 2 N–H and O–H groups in total. The zero-order valence-corrected chi connectivity index (χ0v) is 14.3. The zero-order chi connectivity index (χ0) is 16.4. The number of halogens is 1. The van der Waals surface area contributed by atoms with E-state index in [0.29, 0.717) is 16.2 Å². The van der Waals surface area contributed by atoms with Crippen molar-refractivity contribution in [1.82, 2.24) is 4.98 Å². The number of hydrogen-bond acceptors (Lipinski definition) is 4. The van der Waals surface area contributed by atoms with Crippen LogP contribution in [-0.4, -0.2) is 4.98 Å². The SMILES string of the molecule is N#Cc1c(N)nc([SH]2C=CC=C2)c(C#N)c1-c1ccccc1Br. The molecule has 112 valence electrons. The number of rotatable bonds is 2. The highest BCUT2D eigenvalue weighted by atomic mass is 79.9. The monoisotopic (exact) mass is 382 g/mol. The van der Waals surface area contributed by atoms with Gasteiger partial charge in [-0.1, -0.05) is 46.3 Å². The molecular formula is C17H11BrN4S. The lowest BCUT2D eigenvalue weighted by Crippen LogP contribution is -2.04. The predicted octanol–water partition coefficient (Wildman–Crippen LogP) is 4.24. The van der Waals surface area contributed by atoms with E-state index in [0.717, 1.165) is 10.0 Å². The van der Waals surface area contributed by atoms with Gasteiger partial charge in [-0.2, -0.15) is 21.4 Å². The highest BCUT2D eigenvalue weighted by Gasteiger charge is 2.23. The second-order valence-electron chi connectivity index (χ2n) is 4.74. The Labute approximate surface area is 145 Å². The summed E-state index contributed by atoms with van der Waals surface area (Å²) in [5.41, 5.74) is 7.96. The van der Waals surface area contributed by atoms with Gasteiger partial charge in [-0.3, -0.25) is 0 Å². The molecule has 0 unspecified atom stereocenters. The van der Waals surface area contributed by atoms with Gasteiger partial charge in [0.2, 0.25) is 0 Å². The highest BCUT2D eigenvalue weighted by Crippen LogP contribution is 2.47. The fourth-order valence-electron chi connectivity index (χ4n) is 2.41. The Morgan fingerprint density at radius 3 is 2.30 bits per heavy atom. The van der Waals surface area contributed by atoms with Gasteiger partial charge < -0.3 is 5.73 Å². The molecule has 4 nitrogen and oxygen atoms in total. The molecule has 0 fully saturated rings. The minimum absolute atomic E-state index is 0.156. The Morgan fingerprint density at radius 1 is 1.04 bits per heavy atom. The molecule has 3 rings (SSSR count). The van der Waals surface area contributed by atoms with Gasteiger partial charge in [0.15, 0.2) is 0 Å². The molecule has 0 spiro atoms. The van der Waals surface area contributed by atoms with E-state index in [1.54, 1.807) is 0 Å². The van der Waals surface area contributed by atoms with Crippen LogP contribution >= 0.6 is 26.8 Å². The lowest BCUT2D eigenvalue weighted by Gasteiger charge is -2.17. The van der Waals surface area contributed by atoms with Crippen molar-refractivity contribution >= 4 is 32.6 Å². The molecule has 2 heterocycles. The summed E-state index contributed by atoms with van der Waals surface area (Å²) in [5, 5.41) is 23.9. The topological polar surface area (TPSA) is 86.5 Å². The Kier molecular flexibility index (Phi) is 4.20. The number of hydrogen-bond donors (Lipinski definition) is 2. The van der Waals surface area contributed by atoms with Crippen molar-refractivity contribution in [3.05, 3.63) is 62.8 Å². The maximum Gasteiger partial charge on any atom is 0.143 e. The van der Waals surface area contributed by atoms with Crippen LogP contribution in [0, 0.1) is 22.7 Å². The summed E-state index contributed by atoms with van der Waals surface area (Å²) in [6.45, 7) is 0. The van der Waals surface area contributed by atoms with E-state index in [2.05, 4.69) is 33.1 Å². The second kappa shape index (κ2) is 6.29. The summed E-state index contributed by atoms with van der Waals surface area (Å²) in [7, 11) is -0.816. The molecule has 1 aromatic carbocycles. The predicted molar refractivity (Wildman–Crippen MR) is 96.7 cm³/mol. The fourth-order valence-corrected chi connectivity index (χ4v) is 4.48. The first-order chi connectivity index (χ1) is 11.2. The number of nitrogen functional groups attached to an aromatic ring is 1. The Hall–Kier alpha value is -2.54. The number of nitrogens with two attached hydrogens (primary N) is 1. The molecule has 0 aliphatic carbocycles. The van der Waals surface area contributed by atoms with E-state index in [9.17, 15) is 10.5 Å². The van der Waals surface area contributed by atoms with E-state index >= 15 is 0 Å². The summed E-state index contributed by atoms with van der Waals surface area (Å²) in [5.74, 6) is 0.156. The normalized spacial score (nSPS) is 13.8. The van der Waals surface area contributed by atoms with Gasteiger partial charge in [0, 0.05) is 10.0 Å². The van der Waals surface area contributed by atoms with Gasteiger partial charge in [0.1, 0.15) is 28.5 Å². The van der Waals surface area contributed by atoms with Crippen molar-refractivity contribution < 1.29 is 0 Å². The smallest absolute Gasteiger partial charge is 0.143 e. The number of aromatic nitrogens is 1. The van der Waals surface area contributed by atoms with Crippen molar-refractivity contribution in [2.45, 2.75) is 5.03 Å². The van der Waals surface area contributed by atoms with Crippen molar-refractivity contribution in [2.24, 2.45) is 0 Å². The van der Waals surface area contributed by atoms with Gasteiger partial charge in [-0.05, 0) is 22.4 Å². The average Bonchev–Trinajstić information content (AvgIpc) is 3.08. The molecule has 0 saturated heterocycles. The fraction of sp³-hybridized carbons (Fsp3) is 0. The summed E-state index contributed by atoms with van der Waals surface area (Å²) >= 11 is 3.49. The van der Waals surface area contributed by atoms with Crippen LogP contribution in [0.5, 0.6) is 0 Å². The molecule has 23 heavy (non-hydrogen) atoms. The van der Waals surface area contributed by atoms with Crippen LogP contribution < -0.4 is 5.73 Å². The van der Waals surface area contributed by atoms with Gasteiger partial charge in [0.25, 0.3) is 0 Å². The average molecular weight is 383 g/mol. The molecule has 0 saturated carbocycles. The van der Waals surface area contributed by atoms with Crippen LogP contribution in [-0.2, 0) is 0 Å². The molecule has 1 aromatic heterocycles. The van der Waals surface area contributed by atoms with Gasteiger partial charge in [0.05, 0.1) is 5.56 Å². The lowest BCUT2D eigenvalue weighted by atomic mass is 9.97. The maximum absolute atomic E-state index is 9.73. The standard InChI is InChI=1S/C17H11BrN4S/c18-14-6-2-1-5-11(14)15-12(9-19)16(21)22-17(13(15)10-20)23-7-3-4-8-23/h1-8,23H,(H2,21,22). The van der Waals surface area contributed by atoms with Gasteiger partial charge >= 0.3 is 0 Å². The van der Waals surface area contributed by atoms with Crippen LogP contribution in [0.1, 0.15) is 11.1 Å². The van der Waals surface area contributed by atoms with Crippen LogP contribution in [0.15, 0.2) is 56.7 Å². The van der Waals surface area contributed by atoms with Gasteiger partial charge in [-0.25, -0.2) is 4.98 Å². The molecule has 1 aliphatic heterocycles. The number of benzene rings is 1.